The van der Waals surface area contributed by atoms with Crippen LogP contribution in [0.3, 0.4) is 0 Å². The molecule has 0 saturated heterocycles. The molecule has 0 aromatic heterocycles. The van der Waals surface area contributed by atoms with Gasteiger partial charge in [-0.15, -0.1) is 0 Å². The highest BCUT2D eigenvalue weighted by molar-refractivity contribution is 9.11. The highest BCUT2D eigenvalue weighted by atomic mass is 79.9. The molecule has 5 nitrogen and oxygen atoms in total. The van der Waals surface area contributed by atoms with Gasteiger partial charge in [0.25, 0.3) is 0 Å². The van der Waals surface area contributed by atoms with Crippen LogP contribution in [0.15, 0.2) is 26.0 Å². The molecule has 0 amide bonds. The minimum atomic E-state index is -3.66. The zero-order valence-corrected chi connectivity index (χ0v) is 16.3. The fraction of sp³-hybridized carbons (Fsp3) is 0.538. The van der Waals surface area contributed by atoms with Crippen molar-refractivity contribution < 1.29 is 13.2 Å². The van der Waals surface area contributed by atoms with Gasteiger partial charge in [-0.25, -0.2) is 8.42 Å². The van der Waals surface area contributed by atoms with Gasteiger partial charge in [-0.2, -0.15) is 4.31 Å². The minimum Gasteiger partial charge on any atom is -0.399 e. The Morgan fingerprint density at radius 2 is 1.86 bits per heavy atom. The largest absolute Gasteiger partial charge is 0.399 e. The molecule has 8 heteroatoms. The van der Waals surface area contributed by atoms with Crippen molar-refractivity contribution in [3.05, 3.63) is 21.1 Å². The molecule has 0 saturated carbocycles. The number of sulfonamides is 1. The average molecular weight is 444 g/mol. The molecule has 1 rings (SSSR count). The second-order valence-electron chi connectivity index (χ2n) is 4.68. The Bertz CT molecular complexity index is 570. The number of hydrogen-bond donors (Lipinski definition) is 1. The molecule has 1 aromatic carbocycles. The molecule has 0 spiro atoms. The maximum atomic E-state index is 13.0. The van der Waals surface area contributed by atoms with Crippen molar-refractivity contribution in [3.8, 4) is 0 Å². The second-order valence-corrected chi connectivity index (χ2v) is 8.22. The first-order valence-electron chi connectivity index (χ1n) is 6.51. The van der Waals surface area contributed by atoms with Gasteiger partial charge in [-0.3, -0.25) is 0 Å². The zero-order valence-electron chi connectivity index (χ0n) is 12.3. The van der Waals surface area contributed by atoms with Crippen LogP contribution in [0.1, 0.15) is 20.3 Å². The van der Waals surface area contributed by atoms with E-state index < -0.39 is 10.0 Å². The standard InChI is InChI=1S/C13H20Br2N2O3S/c1-4-9(2)17(5-6-20-3)21(18,19)13-11(14)7-10(16)8-12(13)15/h7-9H,4-6,16H2,1-3H3. The first kappa shape index (κ1) is 18.9. The van der Waals surface area contributed by atoms with Crippen LogP contribution in [0, 0.1) is 0 Å². The Balaban J connectivity index is 3.35. The number of ether oxygens (including phenoxy) is 1. The number of anilines is 1. The Morgan fingerprint density at radius 3 is 2.29 bits per heavy atom. The molecule has 21 heavy (non-hydrogen) atoms. The lowest BCUT2D eigenvalue weighted by molar-refractivity contribution is 0.167. The summed E-state index contributed by atoms with van der Waals surface area (Å²) >= 11 is 6.59. The summed E-state index contributed by atoms with van der Waals surface area (Å²) < 4.78 is 33.3. The number of nitrogen functional groups attached to an aromatic ring is 1. The molecular formula is C13H20Br2N2O3S. The SMILES string of the molecule is CCC(C)N(CCOC)S(=O)(=O)c1c(Br)cc(N)cc1Br. The molecule has 0 bridgehead atoms. The van der Waals surface area contributed by atoms with Gasteiger partial charge in [0, 0.05) is 34.3 Å². The van der Waals surface area contributed by atoms with Crippen LogP contribution in [0.4, 0.5) is 5.69 Å². The number of hydrogen-bond acceptors (Lipinski definition) is 4. The summed E-state index contributed by atoms with van der Waals surface area (Å²) in [5.74, 6) is 0. The van der Waals surface area contributed by atoms with Crippen LogP contribution in [0.5, 0.6) is 0 Å². The van der Waals surface area contributed by atoms with Crippen molar-refractivity contribution in [2.75, 3.05) is 26.0 Å². The van der Waals surface area contributed by atoms with Crippen LogP contribution in [-0.2, 0) is 14.8 Å². The number of halogens is 2. The van der Waals surface area contributed by atoms with Gasteiger partial charge < -0.3 is 10.5 Å². The van der Waals surface area contributed by atoms with Gasteiger partial charge in [-0.1, -0.05) is 6.92 Å². The molecule has 0 radical (unpaired) electrons. The quantitative estimate of drug-likeness (QED) is 0.656. The third-order valence-electron chi connectivity index (χ3n) is 3.19. The molecule has 0 fully saturated rings. The predicted octanol–water partition coefficient (Wildman–Crippen LogP) is 3.23. The number of nitrogens with two attached hydrogens (primary N) is 1. The van der Waals surface area contributed by atoms with Crippen LogP contribution in [0.2, 0.25) is 0 Å². The van der Waals surface area contributed by atoms with Crippen molar-refractivity contribution in [3.63, 3.8) is 0 Å². The van der Waals surface area contributed by atoms with E-state index in [9.17, 15) is 8.42 Å². The molecule has 2 N–H and O–H groups in total. The summed E-state index contributed by atoms with van der Waals surface area (Å²) in [5, 5.41) is 0. The van der Waals surface area contributed by atoms with Crippen molar-refractivity contribution in [1.29, 1.82) is 0 Å². The highest BCUT2D eigenvalue weighted by Gasteiger charge is 2.31. The van der Waals surface area contributed by atoms with Gasteiger partial charge in [0.1, 0.15) is 4.90 Å². The smallest absolute Gasteiger partial charge is 0.245 e. The van der Waals surface area contributed by atoms with Crippen molar-refractivity contribution in [2.45, 2.75) is 31.2 Å². The summed E-state index contributed by atoms with van der Waals surface area (Å²) in [6, 6.07) is 3.05. The van der Waals surface area contributed by atoms with Crippen molar-refractivity contribution in [2.24, 2.45) is 0 Å². The molecule has 120 valence electrons. The third-order valence-corrected chi connectivity index (χ3v) is 7.08. The van der Waals surface area contributed by atoms with E-state index in [-0.39, 0.29) is 10.9 Å². The van der Waals surface area contributed by atoms with Gasteiger partial charge in [-0.05, 0) is 57.3 Å². The number of nitrogens with zero attached hydrogens (tertiary/aromatic N) is 1. The maximum Gasteiger partial charge on any atom is 0.245 e. The van der Waals surface area contributed by atoms with Gasteiger partial charge in [0.2, 0.25) is 10.0 Å². The minimum absolute atomic E-state index is 0.124. The summed E-state index contributed by atoms with van der Waals surface area (Å²) in [6.45, 7) is 4.48. The van der Waals surface area contributed by atoms with Crippen LogP contribution < -0.4 is 5.73 Å². The zero-order chi connectivity index (χ0) is 16.2. The Morgan fingerprint density at radius 1 is 1.33 bits per heavy atom. The van der Waals surface area contributed by atoms with Gasteiger partial charge in [0.15, 0.2) is 0 Å². The van der Waals surface area contributed by atoms with Crippen molar-refractivity contribution >= 4 is 47.6 Å². The first-order valence-corrected chi connectivity index (χ1v) is 9.53. The molecular weight excluding hydrogens is 424 g/mol. The summed E-state index contributed by atoms with van der Waals surface area (Å²) in [6.07, 6.45) is 0.715. The summed E-state index contributed by atoms with van der Waals surface area (Å²) in [5.41, 5.74) is 6.21. The molecule has 0 aliphatic heterocycles. The Kier molecular flexibility index (Phi) is 7.12. The van der Waals surface area contributed by atoms with E-state index in [0.29, 0.717) is 34.2 Å². The lowest BCUT2D eigenvalue weighted by atomic mass is 10.3. The van der Waals surface area contributed by atoms with E-state index in [0.717, 1.165) is 0 Å². The number of methoxy groups -OCH3 is 1. The van der Waals surface area contributed by atoms with Crippen molar-refractivity contribution in [1.82, 2.24) is 4.31 Å². The molecule has 1 aromatic rings. The molecule has 0 heterocycles. The predicted molar refractivity (Wildman–Crippen MR) is 91.8 cm³/mol. The second kappa shape index (κ2) is 7.92. The topological polar surface area (TPSA) is 72.6 Å². The van der Waals surface area contributed by atoms with Crippen LogP contribution in [0.25, 0.3) is 0 Å². The molecule has 0 aliphatic rings. The highest BCUT2D eigenvalue weighted by Crippen LogP contribution is 2.35. The van der Waals surface area contributed by atoms with E-state index in [1.54, 1.807) is 19.2 Å². The fourth-order valence-electron chi connectivity index (χ4n) is 1.91. The molecule has 1 atom stereocenters. The molecule has 1 unspecified atom stereocenters. The van der Waals surface area contributed by atoms with Crippen LogP contribution >= 0.6 is 31.9 Å². The fourth-order valence-corrected chi connectivity index (χ4v) is 6.14. The number of rotatable bonds is 7. The first-order chi connectivity index (χ1) is 9.75. The lowest BCUT2D eigenvalue weighted by Gasteiger charge is -2.28. The van der Waals surface area contributed by atoms with Gasteiger partial charge in [0.05, 0.1) is 6.61 Å². The van der Waals surface area contributed by atoms with E-state index in [4.69, 9.17) is 10.5 Å². The monoisotopic (exact) mass is 442 g/mol. The van der Waals surface area contributed by atoms with E-state index in [1.165, 1.54) is 4.31 Å². The van der Waals surface area contributed by atoms with E-state index in [2.05, 4.69) is 31.9 Å². The van der Waals surface area contributed by atoms with E-state index in [1.807, 2.05) is 13.8 Å². The van der Waals surface area contributed by atoms with E-state index >= 15 is 0 Å². The average Bonchev–Trinajstić information content (AvgIpc) is 2.36. The lowest BCUT2D eigenvalue weighted by Crippen LogP contribution is -2.40. The Labute approximate surface area is 143 Å². The summed E-state index contributed by atoms with van der Waals surface area (Å²) in [7, 11) is -2.11. The maximum absolute atomic E-state index is 13.0. The molecule has 0 aliphatic carbocycles. The van der Waals surface area contributed by atoms with Crippen LogP contribution in [-0.4, -0.2) is 39.0 Å². The van der Waals surface area contributed by atoms with Gasteiger partial charge >= 0.3 is 0 Å². The normalized spacial score (nSPS) is 13.6. The summed E-state index contributed by atoms with van der Waals surface area (Å²) in [4.78, 5) is 0.188. The number of benzene rings is 1. The Hall–Kier alpha value is -0.150. The third kappa shape index (κ3) is 4.41.